The molecule has 1 aliphatic rings. The fraction of sp³-hybridized carbons (Fsp3) is 0.333. The molecule has 3 rings (SSSR count). The largest absolute Gasteiger partial charge is 0.465 e. The van der Waals surface area contributed by atoms with E-state index in [9.17, 15) is 4.79 Å². The zero-order valence-electron chi connectivity index (χ0n) is 11.9. The van der Waals surface area contributed by atoms with Crippen molar-refractivity contribution in [1.29, 1.82) is 0 Å². The number of esters is 1. The number of carbonyl (C=O) groups excluding carboxylic acids is 1. The molecule has 6 heteroatoms. The summed E-state index contributed by atoms with van der Waals surface area (Å²) in [5, 5.41) is 7.73. The highest BCUT2D eigenvalue weighted by Crippen LogP contribution is 2.29. The molecule has 0 atom stereocenters. The van der Waals surface area contributed by atoms with Gasteiger partial charge in [0.2, 0.25) is 0 Å². The molecule has 0 amide bonds. The van der Waals surface area contributed by atoms with Crippen molar-refractivity contribution < 1.29 is 9.53 Å². The van der Waals surface area contributed by atoms with E-state index < -0.39 is 5.97 Å². The average molecular weight is 286 g/mol. The number of nitrogens with two attached hydrogens (primary N) is 1. The molecule has 1 aliphatic carbocycles. The van der Waals surface area contributed by atoms with Gasteiger partial charge < -0.3 is 15.8 Å². The van der Waals surface area contributed by atoms with Gasteiger partial charge in [-0.05, 0) is 31.4 Å². The van der Waals surface area contributed by atoms with Gasteiger partial charge in [0, 0.05) is 6.04 Å². The molecule has 110 valence electrons. The maximum atomic E-state index is 12.0. The number of anilines is 2. The van der Waals surface area contributed by atoms with Crippen LogP contribution in [-0.4, -0.2) is 28.9 Å². The Balaban J connectivity index is 2.03. The predicted octanol–water partition coefficient (Wildman–Crippen LogP) is 2.21. The van der Waals surface area contributed by atoms with Crippen LogP contribution < -0.4 is 11.1 Å². The van der Waals surface area contributed by atoms with E-state index in [1.54, 1.807) is 4.68 Å². The van der Waals surface area contributed by atoms with E-state index in [1.165, 1.54) is 13.5 Å². The molecular weight excluding hydrogens is 268 g/mol. The van der Waals surface area contributed by atoms with E-state index in [0.717, 1.165) is 18.5 Å². The van der Waals surface area contributed by atoms with Gasteiger partial charge in [0.1, 0.15) is 11.4 Å². The second-order valence-electron chi connectivity index (χ2n) is 5.12. The van der Waals surface area contributed by atoms with Gasteiger partial charge in [-0.25, -0.2) is 9.48 Å². The predicted molar refractivity (Wildman–Crippen MR) is 80.6 cm³/mol. The third kappa shape index (κ3) is 2.44. The first-order valence-corrected chi connectivity index (χ1v) is 6.99. The van der Waals surface area contributed by atoms with E-state index in [4.69, 9.17) is 10.5 Å². The highest BCUT2D eigenvalue weighted by molar-refractivity contribution is 6.00. The van der Waals surface area contributed by atoms with Crippen molar-refractivity contribution >= 4 is 17.6 Å². The van der Waals surface area contributed by atoms with E-state index in [-0.39, 0.29) is 5.82 Å². The van der Waals surface area contributed by atoms with E-state index in [0.29, 0.717) is 17.4 Å². The topological polar surface area (TPSA) is 82.2 Å². The van der Waals surface area contributed by atoms with Gasteiger partial charge in [-0.3, -0.25) is 0 Å². The third-order valence-electron chi connectivity index (χ3n) is 3.76. The normalized spacial score (nSPS) is 14.5. The summed E-state index contributed by atoms with van der Waals surface area (Å²) in [6.45, 7) is 0. The number of ether oxygens (including phenoxy) is 1. The summed E-state index contributed by atoms with van der Waals surface area (Å²) in [5.41, 5.74) is 7.21. The van der Waals surface area contributed by atoms with E-state index >= 15 is 0 Å². The van der Waals surface area contributed by atoms with Crippen LogP contribution in [0, 0.1) is 0 Å². The van der Waals surface area contributed by atoms with Crippen molar-refractivity contribution in [3.63, 3.8) is 0 Å². The Morgan fingerprint density at radius 3 is 2.67 bits per heavy atom. The third-order valence-corrected chi connectivity index (χ3v) is 3.76. The minimum Gasteiger partial charge on any atom is -0.465 e. The molecule has 6 nitrogen and oxygen atoms in total. The minimum atomic E-state index is -0.475. The summed E-state index contributed by atoms with van der Waals surface area (Å²) in [4.78, 5) is 12.0. The van der Waals surface area contributed by atoms with Gasteiger partial charge >= 0.3 is 5.97 Å². The molecule has 1 aromatic heterocycles. The SMILES string of the molecule is COC(=O)c1c(NC2CCC2)nn(-c2ccccc2)c1N. The summed E-state index contributed by atoms with van der Waals surface area (Å²) in [7, 11) is 1.34. The quantitative estimate of drug-likeness (QED) is 0.842. The van der Waals surface area contributed by atoms with Gasteiger partial charge in [-0.1, -0.05) is 18.2 Å². The second kappa shape index (κ2) is 5.47. The molecule has 2 aromatic rings. The Morgan fingerprint density at radius 1 is 1.38 bits per heavy atom. The highest BCUT2D eigenvalue weighted by atomic mass is 16.5. The number of nitrogen functional groups attached to an aromatic ring is 1. The zero-order chi connectivity index (χ0) is 14.8. The highest BCUT2D eigenvalue weighted by Gasteiger charge is 2.27. The van der Waals surface area contributed by atoms with Crippen LogP contribution in [0.25, 0.3) is 5.69 Å². The van der Waals surface area contributed by atoms with Crippen LogP contribution in [0.15, 0.2) is 30.3 Å². The van der Waals surface area contributed by atoms with Gasteiger partial charge in [-0.2, -0.15) is 0 Å². The van der Waals surface area contributed by atoms with Crippen molar-refractivity contribution in [2.24, 2.45) is 0 Å². The molecule has 0 aliphatic heterocycles. The zero-order valence-corrected chi connectivity index (χ0v) is 11.9. The monoisotopic (exact) mass is 286 g/mol. The minimum absolute atomic E-state index is 0.287. The first kappa shape index (κ1) is 13.5. The average Bonchev–Trinajstić information content (AvgIpc) is 2.80. The molecule has 0 saturated heterocycles. The number of nitrogens with zero attached hydrogens (tertiary/aromatic N) is 2. The fourth-order valence-electron chi connectivity index (χ4n) is 2.35. The van der Waals surface area contributed by atoms with Crippen LogP contribution in [0.5, 0.6) is 0 Å². The standard InChI is InChI=1S/C15H18N4O2/c1-21-15(20)12-13(16)19(11-8-3-2-4-9-11)18-14(12)17-10-6-5-7-10/h2-4,8-10H,5-7,16H2,1H3,(H,17,18). The number of methoxy groups -OCH3 is 1. The molecule has 1 aromatic carbocycles. The number of rotatable bonds is 4. The lowest BCUT2D eigenvalue weighted by atomic mass is 9.93. The maximum absolute atomic E-state index is 12.0. The summed E-state index contributed by atoms with van der Waals surface area (Å²) in [6.07, 6.45) is 3.36. The molecular formula is C15H18N4O2. The molecule has 0 unspecified atom stereocenters. The Morgan fingerprint density at radius 2 is 2.10 bits per heavy atom. The Labute approximate surface area is 122 Å². The number of aromatic nitrogens is 2. The number of carbonyl (C=O) groups is 1. The molecule has 0 spiro atoms. The van der Waals surface area contributed by atoms with Crippen LogP contribution in [0.4, 0.5) is 11.6 Å². The number of hydrogen-bond donors (Lipinski definition) is 2. The van der Waals surface area contributed by atoms with Crippen molar-refractivity contribution in [2.75, 3.05) is 18.2 Å². The number of benzene rings is 1. The molecule has 1 saturated carbocycles. The molecule has 1 heterocycles. The summed E-state index contributed by atoms with van der Waals surface area (Å²) in [5.74, 6) is 0.305. The first-order valence-electron chi connectivity index (χ1n) is 6.99. The van der Waals surface area contributed by atoms with E-state index in [1.807, 2.05) is 30.3 Å². The Kier molecular flexibility index (Phi) is 3.51. The van der Waals surface area contributed by atoms with Crippen LogP contribution >= 0.6 is 0 Å². The maximum Gasteiger partial charge on any atom is 0.345 e. The van der Waals surface area contributed by atoms with Crippen LogP contribution in [0.3, 0.4) is 0 Å². The molecule has 1 fully saturated rings. The Hall–Kier alpha value is -2.50. The summed E-state index contributed by atoms with van der Waals surface area (Å²) >= 11 is 0. The fourth-order valence-corrected chi connectivity index (χ4v) is 2.35. The first-order chi connectivity index (χ1) is 10.2. The van der Waals surface area contributed by atoms with Crippen LogP contribution in [0.1, 0.15) is 29.6 Å². The van der Waals surface area contributed by atoms with E-state index in [2.05, 4.69) is 10.4 Å². The van der Waals surface area contributed by atoms with Crippen LogP contribution in [-0.2, 0) is 4.74 Å². The van der Waals surface area contributed by atoms with Crippen molar-refractivity contribution in [3.8, 4) is 5.69 Å². The summed E-state index contributed by atoms with van der Waals surface area (Å²) in [6, 6.07) is 9.83. The number of hydrogen-bond acceptors (Lipinski definition) is 5. The van der Waals surface area contributed by atoms with Crippen molar-refractivity contribution in [2.45, 2.75) is 25.3 Å². The van der Waals surface area contributed by atoms with Crippen molar-refractivity contribution in [3.05, 3.63) is 35.9 Å². The second-order valence-corrected chi connectivity index (χ2v) is 5.12. The molecule has 3 N–H and O–H groups in total. The molecule has 21 heavy (non-hydrogen) atoms. The van der Waals surface area contributed by atoms with Gasteiger partial charge in [0.05, 0.1) is 12.8 Å². The van der Waals surface area contributed by atoms with Crippen molar-refractivity contribution in [1.82, 2.24) is 9.78 Å². The lowest BCUT2D eigenvalue weighted by molar-refractivity contribution is 0.0603. The lowest BCUT2D eigenvalue weighted by Crippen LogP contribution is -2.28. The van der Waals surface area contributed by atoms with Gasteiger partial charge in [0.15, 0.2) is 5.82 Å². The summed E-state index contributed by atoms with van der Waals surface area (Å²) < 4.78 is 6.39. The lowest BCUT2D eigenvalue weighted by Gasteiger charge is -2.26. The van der Waals surface area contributed by atoms with Crippen LogP contribution in [0.2, 0.25) is 0 Å². The molecule has 0 radical (unpaired) electrons. The smallest absolute Gasteiger partial charge is 0.345 e. The Bertz CT molecular complexity index is 647. The number of para-hydroxylation sites is 1. The van der Waals surface area contributed by atoms with Gasteiger partial charge in [0.25, 0.3) is 0 Å². The van der Waals surface area contributed by atoms with Gasteiger partial charge in [-0.15, -0.1) is 5.10 Å². The molecule has 0 bridgehead atoms. The number of nitrogens with one attached hydrogen (secondary N) is 1.